The quantitative estimate of drug-likeness (QED) is 0.273. The zero-order chi connectivity index (χ0) is 23.8. The lowest BCUT2D eigenvalue weighted by molar-refractivity contribution is -0.136. The van der Waals surface area contributed by atoms with E-state index in [0.29, 0.717) is 33.8 Å². The van der Waals surface area contributed by atoms with E-state index in [2.05, 4.69) is 4.98 Å². The molecule has 0 aliphatic carbocycles. The fourth-order valence-electron chi connectivity index (χ4n) is 3.29. The first-order chi connectivity index (χ1) is 15.9. The van der Waals surface area contributed by atoms with E-state index in [1.54, 1.807) is 30.3 Å². The maximum atomic E-state index is 13.3. The van der Waals surface area contributed by atoms with Crippen molar-refractivity contribution in [1.29, 1.82) is 0 Å². The highest BCUT2D eigenvalue weighted by Gasteiger charge is 2.15. The number of hydrogen-bond acceptors (Lipinski definition) is 4. The van der Waals surface area contributed by atoms with Gasteiger partial charge in [-0.2, -0.15) is 0 Å². The number of aromatic nitrogens is 1. The number of rotatable bonds is 11. The maximum absolute atomic E-state index is 13.3. The molecule has 174 valence electrons. The van der Waals surface area contributed by atoms with E-state index in [-0.39, 0.29) is 24.6 Å². The molecular weight excluding hydrogens is 484 g/mol. The van der Waals surface area contributed by atoms with Crippen molar-refractivity contribution in [2.24, 2.45) is 0 Å². The van der Waals surface area contributed by atoms with Crippen LogP contribution in [0.3, 0.4) is 0 Å². The standard InChI is InChI=1S/C25H24Cl2FNO3S/c1-2-16(17-6-8-18(28)9-7-17)14-32-23-12-10-19(29-22(23)11-13-24(30)31)15-33-25-20(26)4-3-5-21(25)27/h3-10,12,16H,2,11,13-15H2,1H3,(H,30,31). The van der Waals surface area contributed by atoms with Crippen molar-refractivity contribution in [3.8, 4) is 5.75 Å². The molecule has 4 nitrogen and oxygen atoms in total. The van der Waals surface area contributed by atoms with E-state index in [9.17, 15) is 9.18 Å². The molecule has 8 heteroatoms. The van der Waals surface area contributed by atoms with E-state index in [0.717, 1.165) is 22.6 Å². The highest BCUT2D eigenvalue weighted by molar-refractivity contribution is 7.98. The molecule has 33 heavy (non-hydrogen) atoms. The second kappa shape index (κ2) is 12.3. The number of thioether (sulfide) groups is 1. The van der Waals surface area contributed by atoms with E-state index < -0.39 is 5.97 Å². The number of aryl methyl sites for hydroxylation is 1. The van der Waals surface area contributed by atoms with Gasteiger partial charge in [-0.15, -0.1) is 11.8 Å². The number of carboxylic acids is 1. The molecule has 0 saturated heterocycles. The molecule has 0 fully saturated rings. The van der Waals surface area contributed by atoms with Crippen molar-refractivity contribution in [2.75, 3.05) is 6.61 Å². The summed E-state index contributed by atoms with van der Waals surface area (Å²) >= 11 is 14.0. The Morgan fingerprint density at radius 1 is 1.12 bits per heavy atom. The Kier molecular flexibility index (Phi) is 9.41. The molecule has 1 N–H and O–H groups in total. The summed E-state index contributed by atoms with van der Waals surface area (Å²) in [7, 11) is 0. The molecule has 0 aliphatic rings. The van der Waals surface area contributed by atoms with Gasteiger partial charge < -0.3 is 9.84 Å². The Bertz CT molecular complexity index is 1080. The molecular formula is C25H24Cl2FNO3S. The van der Waals surface area contributed by atoms with Crippen molar-refractivity contribution < 1.29 is 19.0 Å². The molecule has 0 spiro atoms. The average Bonchev–Trinajstić information content (AvgIpc) is 2.79. The third-order valence-corrected chi connectivity index (χ3v) is 7.15. The average molecular weight is 508 g/mol. The molecule has 0 radical (unpaired) electrons. The molecule has 1 atom stereocenters. The second-order valence-corrected chi connectivity index (χ2v) is 9.25. The molecule has 0 saturated carbocycles. The van der Waals surface area contributed by atoms with Crippen LogP contribution >= 0.6 is 35.0 Å². The number of benzene rings is 2. The van der Waals surface area contributed by atoms with E-state index in [4.69, 9.17) is 33.0 Å². The molecule has 3 aromatic rings. The maximum Gasteiger partial charge on any atom is 0.303 e. The molecule has 3 rings (SSSR count). The minimum Gasteiger partial charge on any atom is -0.491 e. The van der Waals surface area contributed by atoms with E-state index >= 15 is 0 Å². The second-order valence-electron chi connectivity index (χ2n) is 7.45. The molecule has 0 bridgehead atoms. The highest BCUT2D eigenvalue weighted by atomic mass is 35.5. The molecule has 2 aromatic carbocycles. The number of pyridine rings is 1. The Balaban J connectivity index is 1.74. The third-order valence-electron chi connectivity index (χ3n) is 5.12. The SMILES string of the molecule is CCC(COc1ccc(CSc2c(Cl)cccc2Cl)nc1CCC(=O)O)c1ccc(F)cc1. The Morgan fingerprint density at radius 2 is 1.82 bits per heavy atom. The van der Waals surface area contributed by atoms with Crippen LogP contribution in [0.5, 0.6) is 5.75 Å². The normalized spacial score (nSPS) is 11.9. The number of hydrogen-bond donors (Lipinski definition) is 1. The highest BCUT2D eigenvalue weighted by Crippen LogP contribution is 2.36. The van der Waals surface area contributed by atoms with Gasteiger partial charge in [0.15, 0.2) is 0 Å². The lowest BCUT2D eigenvalue weighted by atomic mass is 9.97. The number of carboxylic acid groups (broad SMARTS) is 1. The van der Waals surface area contributed by atoms with E-state index in [1.807, 2.05) is 19.1 Å². The van der Waals surface area contributed by atoms with Gasteiger partial charge in [-0.3, -0.25) is 9.78 Å². The van der Waals surface area contributed by atoms with Gasteiger partial charge >= 0.3 is 5.97 Å². The van der Waals surface area contributed by atoms with Gasteiger partial charge in [0.2, 0.25) is 0 Å². The van der Waals surface area contributed by atoms with Crippen molar-refractivity contribution in [3.05, 3.63) is 87.4 Å². The van der Waals surface area contributed by atoms with Crippen LogP contribution in [0.25, 0.3) is 0 Å². The fraction of sp³-hybridized carbons (Fsp3) is 0.280. The summed E-state index contributed by atoms with van der Waals surface area (Å²) in [5.74, 6) is -0.0158. The van der Waals surface area contributed by atoms with Gasteiger partial charge in [0.05, 0.1) is 34.5 Å². The Morgan fingerprint density at radius 3 is 2.45 bits per heavy atom. The van der Waals surface area contributed by atoms with Gasteiger partial charge in [0.25, 0.3) is 0 Å². The summed E-state index contributed by atoms with van der Waals surface area (Å²) in [5, 5.41) is 10.3. The molecule has 1 aromatic heterocycles. The van der Waals surface area contributed by atoms with Gasteiger partial charge in [-0.25, -0.2) is 4.39 Å². The Hall–Kier alpha value is -2.28. The van der Waals surface area contributed by atoms with Crippen LogP contribution in [0, 0.1) is 5.82 Å². The fourth-order valence-corrected chi connectivity index (χ4v) is 4.88. The largest absolute Gasteiger partial charge is 0.491 e. The zero-order valence-electron chi connectivity index (χ0n) is 18.1. The summed E-state index contributed by atoms with van der Waals surface area (Å²) in [6.45, 7) is 2.42. The van der Waals surface area contributed by atoms with Gasteiger partial charge in [0.1, 0.15) is 11.6 Å². The van der Waals surface area contributed by atoms with Gasteiger partial charge in [-0.1, -0.05) is 48.3 Å². The summed E-state index contributed by atoms with van der Waals surface area (Å²) in [5.41, 5.74) is 2.35. The lowest BCUT2D eigenvalue weighted by Gasteiger charge is -2.18. The van der Waals surface area contributed by atoms with Crippen molar-refractivity contribution in [1.82, 2.24) is 4.98 Å². The third kappa shape index (κ3) is 7.36. The van der Waals surface area contributed by atoms with Crippen molar-refractivity contribution in [3.63, 3.8) is 0 Å². The zero-order valence-corrected chi connectivity index (χ0v) is 20.4. The summed E-state index contributed by atoms with van der Waals surface area (Å²) in [4.78, 5) is 16.6. The predicted molar refractivity (Wildman–Crippen MR) is 131 cm³/mol. The number of ether oxygens (including phenoxy) is 1. The molecule has 0 aliphatic heterocycles. The van der Waals surface area contributed by atoms with Crippen LogP contribution in [-0.2, 0) is 17.0 Å². The summed E-state index contributed by atoms with van der Waals surface area (Å²) < 4.78 is 19.3. The first kappa shape index (κ1) is 25.3. The predicted octanol–water partition coefficient (Wildman–Crippen LogP) is 7.41. The minimum atomic E-state index is -0.900. The van der Waals surface area contributed by atoms with Crippen LogP contribution < -0.4 is 4.74 Å². The summed E-state index contributed by atoms with van der Waals surface area (Å²) in [6.07, 6.45) is 1.02. The molecule has 0 amide bonds. The lowest BCUT2D eigenvalue weighted by Crippen LogP contribution is -2.12. The van der Waals surface area contributed by atoms with Crippen LogP contribution in [0.1, 0.15) is 42.6 Å². The Labute approximate surface area is 207 Å². The first-order valence-corrected chi connectivity index (χ1v) is 12.3. The van der Waals surface area contributed by atoms with Gasteiger partial charge in [-0.05, 0) is 48.4 Å². The van der Waals surface area contributed by atoms with Crippen LogP contribution in [0.4, 0.5) is 4.39 Å². The van der Waals surface area contributed by atoms with Crippen molar-refractivity contribution >= 4 is 40.9 Å². The monoisotopic (exact) mass is 507 g/mol. The van der Waals surface area contributed by atoms with Crippen LogP contribution in [0.2, 0.25) is 10.0 Å². The number of nitrogens with zero attached hydrogens (tertiary/aromatic N) is 1. The van der Waals surface area contributed by atoms with Crippen LogP contribution in [0.15, 0.2) is 59.5 Å². The van der Waals surface area contributed by atoms with Gasteiger partial charge in [0, 0.05) is 23.0 Å². The first-order valence-electron chi connectivity index (χ1n) is 10.5. The smallest absolute Gasteiger partial charge is 0.303 e. The topological polar surface area (TPSA) is 59.4 Å². The molecule has 1 unspecified atom stereocenters. The van der Waals surface area contributed by atoms with Crippen LogP contribution in [-0.4, -0.2) is 22.7 Å². The minimum absolute atomic E-state index is 0.0501. The number of aliphatic carboxylic acids is 1. The van der Waals surface area contributed by atoms with E-state index in [1.165, 1.54) is 23.9 Å². The molecule has 1 heterocycles. The van der Waals surface area contributed by atoms with Crippen molar-refractivity contribution in [2.45, 2.75) is 42.8 Å². The number of carbonyl (C=O) groups is 1. The number of halogens is 3. The summed E-state index contributed by atoms with van der Waals surface area (Å²) in [6, 6.07) is 15.4.